The second-order valence-corrected chi connectivity index (χ2v) is 14.0. The van der Waals surface area contributed by atoms with Crippen LogP contribution >= 0.6 is 0 Å². The highest BCUT2D eigenvalue weighted by Crippen LogP contribution is 2.12. The fourth-order valence-corrected chi connectivity index (χ4v) is 5.37. The van der Waals surface area contributed by atoms with Crippen molar-refractivity contribution in [1.29, 1.82) is 0 Å². The number of carboxylic acids is 2. The number of rotatable bonds is 22. The average Bonchev–Trinajstić information content (AvgIpc) is 3.13. The maximum atomic E-state index is 13.8. The van der Waals surface area contributed by atoms with Gasteiger partial charge in [-0.2, -0.15) is 0 Å². The Balaban J connectivity index is 2.26. The van der Waals surface area contributed by atoms with E-state index in [9.17, 15) is 48.6 Å². The normalized spacial score (nSPS) is 14.2. The van der Waals surface area contributed by atoms with Crippen molar-refractivity contribution in [2.45, 2.75) is 96.6 Å². The summed E-state index contributed by atoms with van der Waals surface area (Å²) in [4.78, 5) is 102. The van der Waals surface area contributed by atoms with Gasteiger partial charge in [0.25, 0.3) is 0 Å². The molecule has 0 radical (unpaired) electrons. The molecule has 0 aliphatic rings. The number of carboxylic acid groups (broad SMARTS) is 2. The number of phenols is 1. The number of aromatic hydroxyl groups is 1. The number of phenolic OH excluding ortho intramolecular Hbond substituents is 1. The van der Waals surface area contributed by atoms with Gasteiger partial charge >= 0.3 is 11.9 Å². The van der Waals surface area contributed by atoms with Crippen LogP contribution < -0.4 is 37.6 Å². The molecule has 0 fully saturated rings. The quantitative estimate of drug-likeness (QED) is 0.0711. The van der Waals surface area contributed by atoms with Crippen LogP contribution in [0.1, 0.15) is 58.6 Å². The highest BCUT2D eigenvalue weighted by Gasteiger charge is 2.34. The molecule has 0 unspecified atom stereocenters. The van der Waals surface area contributed by atoms with Gasteiger partial charge in [0.2, 0.25) is 35.4 Å². The van der Waals surface area contributed by atoms with Gasteiger partial charge in [-0.3, -0.25) is 38.4 Å². The van der Waals surface area contributed by atoms with E-state index in [4.69, 9.17) is 10.8 Å². The number of carbonyl (C=O) groups is 8. The van der Waals surface area contributed by atoms with Gasteiger partial charge in [0.05, 0.1) is 6.04 Å². The van der Waals surface area contributed by atoms with E-state index >= 15 is 0 Å². The Morgan fingerprint density at radius 1 is 0.571 bits per heavy atom. The first-order valence-corrected chi connectivity index (χ1v) is 18.1. The number of nitrogens with two attached hydrogens (primary N) is 1. The van der Waals surface area contributed by atoms with Gasteiger partial charge in [0, 0.05) is 12.8 Å². The lowest BCUT2D eigenvalue weighted by atomic mass is 9.99. The number of nitrogens with one attached hydrogen (secondary N) is 6. The molecule has 2 rings (SSSR count). The molecule has 18 nitrogen and oxygen atoms in total. The molecule has 2 aromatic rings. The van der Waals surface area contributed by atoms with Crippen molar-refractivity contribution in [3.05, 3.63) is 65.7 Å². The first-order chi connectivity index (χ1) is 26.3. The van der Waals surface area contributed by atoms with E-state index in [-0.39, 0.29) is 18.6 Å². The monoisotopic (exact) mass is 783 g/mol. The second kappa shape index (κ2) is 22.4. The summed E-state index contributed by atoms with van der Waals surface area (Å²) in [6.45, 7) is 7.17. The topological polar surface area (TPSA) is 295 Å². The Kier molecular flexibility index (Phi) is 18.4. The predicted octanol–water partition coefficient (Wildman–Crippen LogP) is -0.674. The molecule has 0 saturated heterocycles. The lowest BCUT2D eigenvalue weighted by Gasteiger charge is -2.29. The maximum absolute atomic E-state index is 13.8. The van der Waals surface area contributed by atoms with Gasteiger partial charge in [-0.25, -0.2) is 0 Å². The third kappa shape index (κ3) is 15.7. The molecule has 0 saturated carbocycles. The molecule has 0 aromatic heterocycles. The van der Waals surface area contributed by atoms with Crippen LogP contribution in [0.5, 0.6) is 5.75 Å². The maximum Gasteiger partial charge on any atom is 0.322 e. The van der Waals surface area contributed by atoms with Crippen molar-refractivity contribution in [3.8, 4) is 5.75 Å². The molecule has 0 aliphatic carbocycles. The van der Waals surface area contributed by atoms with Gasteiger partial charge in [0.15, 0.2) is 0 Å². The lowest BCUT2D eigenvalue weighted by molar-refractivity contribution is -0.140. The summed E-state index contributed by atoms with van der Waals surface area (Å²) in [5, 5.41) is 42.7. The Hall–Kier alpha value is -6.04. The van der Waals surface area contributed by atoms with Crippen LogP contribution in [0.25, 0.3) is 0 Å². The minimum Gasteiger partial charge on any atom is -0.508 e. The summed E-state index contributed by atoms with van der Waals surface area (Å²) >= 11 is 0. The molecule has 56 heavy (non-hydrogen) atoms. The van der Waals surface area contributed by atoms with Crippen LogP contribution in [0.15, 0.2) is 54.6 Å². The van der Waals surface area contributed by atoms with Gasteiger partial charge in [-0.05, 0) is 54.9 Å². The second-order valence-electron chi connectivity index (χ2n) is 14.0. The van der Waals surface area contributed by atoms with E-state index in [0.717, 1.165) is 0 Å². The minimum absolute atomic E-state index is 0.0435. The molecule has 0 heterocycles. The molecule has 2 aromatic carbocycles. The van der Waals surface area contributed by atoms with Crippen LogP contribution in [0, 0.1) is 11.8 Å². The van der Waals surface area contributed by atoms with Crippen molar-refractivity contribution in [1.82, 2.24) is 31.9 Å². The SMILES string of the molecule is CC(C)[C@H](NC(=O)[C@H](CCC(=O)O)NC(=O)[C@H](Cc1ccccc1)NC(=O)[C@@H](C)NC(=O)[C@@H](N)Cc1ccc(O)cc1)C(=O)N[C@H](C(=O)NCC(=O)O)C(C)C. The fraction of sp³-hybridized carbons (Fsp3) is 0.474. The largest absolute Gasteiger partial charge is 0.508 e. The zero-order valence-electron chi connectivity index (χ0n) is 32.0. The third-order valence-corrected chi connectivity index (χ3v) is 8.58. The van der Waals surface area contributed by atoms with Crippen LogP contribution in [-0.4, -0.2) is 105 Å². The van der Waals surface area contributed by atoms with Gasteiger partial charge in [-0.1, -0.05) is 70.2 Å². The number of hydrogen-bond donors (Lipinski definition) is 10. The number of benzene rings is 2. The molecule has 6 amide bonds. The van der Waals surface area contributed by atoms with E-state index in [2.05, 4.69) is 31.9 Å². The average molecular weight is 784 g/mol. The summed E-state index contributed by atoms with van der Waals surface area (Å²) in [5.41, 5.74) is 7.34. The standard InChI is InChI=1S/C38H53N7O11/c1-20(2)31(37(55)40-19-30(49)50)45-38(56)32(21(3)4)44-35(53)27(15-16-29(47)48)42-36(54)28(18-23-9-7-6-8-10-23)43-33(51)22(5)41-34(52)26(39)17-24-11-13-25(46)14-12-24/h6-14,20-22,26-28,31-32,46H,15-19,39H2,1-5H3,(H,40,55)(H,41,52)(H,42,54)(H,43,51)(H,44,53)(H,45,56)(H,47,48)(H,49,50)/t22-,26+,27+,28+,31+,32+/m1/s1. The lowest BCUT2D eigenvalue weighted by Crippen LogP contribution is -2.61. The third-order valence-electron chi connectivity index (χ3n) is 8.58. The molecular formula is C38H53N7O11. The molecule has 6 atom stereocenters. The highest BCUT2D eigenvalue weighted by atomic mass is 16.4. The fourth-order valence-electron chi connectivity index (χ4n) is 5.37. The van der Waals surface area contributed by atoms with Gasteiger partial charge < -0.3 is 53.0 Å². The van der Waals surface area contributed by atoms with Crippen LogP contribution in [-0.2, 0) is 51.2 Å². The van der Waals surface area contributed by atoms with Crippen molar-refractivity contribution in [3.63, 3.8) is 0 Å². The Morgan fingerprint density at radius 2 is 1.09 bits per heavy atom. The van der Waals surface area contributed by atoms with E-state index in [0.29, 0.717) is 11.1 Å². The molecule has 18 heteroatoms. The molecule has 306 valence electrons. The summed E-state index contributed by atoms with van der Waals surface area (Å²) in [6, 6.07) is 7.19. The van der Waals surface area contributed by atoms with Crippen molar-refractivity contribution in [2.24, 2.45) is 17.6 Å². The summed E-state index contributed by atoms with van der Waals surface area (Å²) in [6.07, 6.45) is -0.911. The zero-order valence-corrected chi connectivity index (χ0v) is 32.0. The van der Waals surface area contributed by atoms with Crippen LogP contribution in [0.4, 0.5) is 0 Å². The molecule has 0 spiro atoms. The number of amides is 6. The first kappa shape index (κ1) is 46.1. The van der Waals surface area contributed by atoms with E-state index in [1.807, 2.05) is 0 Å². The summed E-state index contributed by atoms with van der Waals surface area (Å²) < 4.78 is 0. The molecule has 0 bridgehead atoms. The van der Waals surface area contributed by atoms with E-state index < -0.39 is 115 Å². The van der Waals surface area contributed by atoms with Crippen LogP contribution in [0.2, 0.25) is 0 Å². The number of aliphatic carboxylic acids is 2. The van der Waals surface area contributed by atoms with Gasteiger partial charge in [-0.15, -0.1) is 0 Å². The van der Waals surface area contributed by atoms with Crippen molar-refractivity contribution < 1.29 is 53.7 Å². The number of carbonyl (C=O) groups excluding carboxylic acids is 6. The first-order valence-electron chi connectivity index (χ1n) is 18.1. The van der Waals surface area contributed by atoms with Crippen LogP contribution in [0.3, 0.4) is 0 Å². The highest BCUT2D eigenvalue weighted by molar-refractivity contribution is 5.97. The zero-order chi connectivity index (χ0) is 42.1. The Bertz CT molecular complexity index is 1690. The van der Waals surface area contributed by atoms with Crippen molar-refractivity contribution >= 4 is 47.4 Å². The predicted molar refractivity (Wildman–Crippen MR) is 202 cm³/mol. The number of hydrogen-bond acceptors (Lipinski definition) is 10. The molecular weight excluding hydrogens is 730 g/mol. The Labute approximate surface area is 324 Å². The Morgan fingerprint density at radius 3 is 1.64 bits per heavy atom. The van der Waals surface area contributed by atoms with Gasteiger partial charge in [0.1, 0.15) is 42.5 Å². The van der Waals surface area contributed by atoms with Crippen molar-refractivity contribution in [2.75, 3.05) is 6.54 Å². The van der Waals surface area contributed by atoms with E-state index in [1.54, 1.807) is 70.2 Å². The smallest absolute Gasteiger partial charge is 0.322 e. The minimum atomic E-state index is -1.50. The molecule has 11 N–H and O–H groups in total. The molecule has 0 aliphatic heterocycles. The van der Waals surface area contributed by atoms with E-state index in [1.165, 1.54) is 19.1 Å². The summed E-state index contributed by atoms with van der Waals surface area (Å²) in [7, 11) is 0. The summed E-state index contributed by atoms with van der Waals surface area (Å²) in [5.74, 6) is -8.30.